The summed E-state index contributed by atoms with van der Waals surface area (Å²) < 4.78 is 0. The van der Waals surface area contributed by atoms with Gasteiger partial charge in [-0.2, -0.15) is 4.99 Å². The van der Waals surface area contributed by atoms with Gasteiger partial charge in [-0.05, 0) is 20.3 Å². The van der Waals surface area contributed by atoms with Crippen molar-refractivity contribution in [3.63, 3.8) is 0 Å². The van der Waals surface area contributed by atoms with Crippen molar-refractivity contribution in [1.82, 2.24) is 10.2 Å². The van der Waals surface area contributed by atoms with Crippen LogP contribution in [0.15, 0.2) is 4.99 Å². The highest BCUT2D eigenvalue weighted by Gasteiger charge is 2.34. The minimum Gasteiger partial charge on any atom is -0.385 e. The van der Waals surface area contributed by atoms with Crippen molar-refractivity contribution in [1.29, 1.82) is 0 Å². The summed E-state index contributed by atoms with van der Waals surface area (Å²) >= 11 is 0. The first-order valence-electron chi connectivity index (χ1n) is 5.89. The molecule has 0 saturated carbocycles. The first kappa shape index (κ1) is 13.5. The number of hydrogen-bond donors (Lipinski definition) is 2. The van der Waals surface area contributed by atoms with Gasteiger partial charge in [0, 0.05) is 12.6 Å². The number of carbonyl (C=O) groups is 2. The van der Waals surface area contributed by atoms with Gasteiger partial charge >= 0.3 is 6.03 Å². The maximum absolute atomic E-state index is 11.7. The summed E-state index contributed by atoms with van der Waals surface area (Å²) in [5.41, 5.74) is 5.68. The molecule has 0 aromatic carbocycles. The van der Waals surface area contributed by atoms with E-state index in [0.717, 1.165) is 6.42 Å². The Kier molecular flexibility index (Phi) is 4.48. The molecular weight excluding hydrogens is 220 g/mol. The molecular formula is C11H20N4O2. The van der Waals surface area contributed by atoms with E-state index in [1.165, 1.54) is 0 Å². The van der Waals surface area contributed by atoms with Gasteiger partial charge in [0.05, 0.1) is 12.5 Å². The third kappa shape index (κ3) is 3.44. The van der Waals surface area contributed by atoms with E-state index in [9.17, 15) is 9.59 Å². The molecule has 3 amide bonds. The highest BCUT2D eigenvalue weighted by molar-refractivity contribution is 6.04. The first-order chi connectivity index (χ1) is 7.95. The molecule has 96 valence electrons. The summed E-state index contributed by atoms with van der Waals surface area (Å²) in [6.07, 6.45) is 0.996. The highest BCUT2D eigenvalue weighted by atomic mass is 16.2. The van der Waals surface area contributed by atoms with E-state index in [2.05, 4.69) is 10.3 Å². The molecule has 17 heavy (non-hydrogen) atoms. The van der Waals surface area contributed by atoms with Gasteiger partial charge in [-0.1, -0.05) is 6.92 Å². The number of nitrogens with one attached hydrogen (secondary N) is 1. The lowest BCUT2D eigenvalue weighted by Crippen LogP contribution is -2.45. The zero-order chi connectivity index (χ0) is 13.0. The van der Waals surface area contributed by atoms with Gasteiger partial charge in [-0.3, -0.25) is 4.79 Å². The minimum absolute atomic E-state index is 0.0809. The predicted octanol–water partition coefficient (Wildman–Crippen LogP) is 0.473. The van der Waals surface area contributed by atoms with Crippen LogP contribution in [0.3, 0.4) is 0 Å². The third-order valence-corrected chi connectivity index (χ3v) is 2.48. The fourth-order valence-electron chi connectivity index (χ4n) is 1.81. The summed E-state index contributed by atoms with van der Waals surface area (Å²) in [6.45, 7) is 6.31. The normalized spacial score (nSPS) is 19.8. The van der Waals surface area contributed by atoms with Gasteiger partial charge in [-0.15, -0.1) is 0 Å². The second-order valence-electron chi connectivity index (χ2n) is 4.45. The number of rotatable bonds is 5. The molecule has 0 bridgehead atoms. The molecule has 0 radical (unpaired) electrons. The van der Waals surface area contributed by atoms with Gasteiger partial charge in [-0.25, -0.2) is 4.79 Å². The molecule has 0 aliphatic carbocycles. The van der Waals surface area contributed by atoms with Crippen LogP contribution >= 0.6 is 0 Å². The smallest absolute Gasteiger partial charge is 0.345 e. The van der Waals surface area contributed by atoms with Crippen LogP contribution in [0.25, 0.3) is 0 Å². The van der Waals surface area contributed by atoms with E-state index in [-0.39, 0.29) is 36.3 Å². The van der Waals surface area contributed by atoms with Crippen molar-refractivity contribution >= 4 is 17.8 Å². The van der Waals surface area contributed by atoms with Crippen LogP contribution in [0.5, 0.6) is 0 Å². The van der Waals surface area contributed by atoms with Crippen LogP contribution in [0.2, 0.25) is 0 Å². The lowest BCUT2D eigenvalue weighted by molar-refractivity contribution is -0.122. The number of amidine groups is 1. The Hall–Kier alpha value is -1.59. The molecule has 1 aliphatic rings. The molecule has 1 atom stereocenters. The molecule has 0 aromatic heterocycles. The van der Waals surface area contributed by atoms with Crippen LogP contribution < -0.4 is 11.1 Å². The quantitative estimate of drug-likeness (QED) is 0.732. The number of aliphatic imine (C=N–C) groups is 1. The summed E-state index contributed by atoms with van der Waals surface area (Å²) in [5.74, 6) is 0.126. The number of hydrogen-bond acceptors (Lipinski definition) is 3. The number of carbonyl (C=O) groups excluding carboxylic acids is 2. The number of amides is 3. The predicted molar refractivity (Wildman–Crippen MR) is 65.7 cm³/mol. The molecule has 1 heterocycles. The Labute approximate surface area is 101 Å². The Balaban J connectivity index is 2.64. The van der Waals surface area contributed by atoms with E-state index >= 15 is 0 Å². The summed E-state index contributed by atoms with van der Waals surface area (Å²) in [4.78, 5) is 28.4. The van der Waals surface area contributed by atoms with Crippen molar-refractivity contribution in [2.75, 3.05) is 6.54 Å². The van der Waals surface area contributed by atoms with Gasteiger partial charge in [0.2, 0.25) is 5.91 Å². The number of nitrogens with two attached hydrogens (primary N) is 1. The van der Waals surface area contributed by atoms with Crippen LogP contribution in [0.1, 0.15) is 33.6 Å². The third-order valence-electron chi connectivity index (χ3n) is 2.48. The Morgan fingerprint density at radius 1 is 1.59 bits per heavy atom. The van der Waals surface area contributed by atoms with Crippen LogP contribution in [0.4, 0.5) is 4.79 Å². The molecule has 1 aliphatic heterocycles. The highest BCUT2D eigenvalue weighted by Crippen LogP contribution is 2.14. The Bertz CT molecular complexity index is 338. The Morgan fingerprint density at radius 2 is 2.24 bits per heavy atom. The molecule has 0 fully saturated rings. The van der Waals surface area contributed by atoms with Crippen LogP contribution in [-0.4, -0.2) is 41.3 Å². The van der Waals surface area contributed by atoms with Gasteiger partial charge in [0.25, 0.3) is 0 Å². The summed E-state index contributed by atoms with van der Waals surface area (Å²) in [6, 6.07) is -0.648. The van der Waals surface area contributed by atoms with E-state index in [1.807, 2.05) is 20.8 Å². The second kappa shape index (κ2) is 5.65. The average molecular weight is 240 g/mol. The summed E-state index contributed by atoms with van der Waals surface area (Å²) in [7, 11) is 0. The zero-order valence-electron chi connectivity index (χ0n) is 10.6. The molecule has 1 unspecified atom stereocenters. The van der Waals surface area contributed by atoms with Gasteiger partial charge in [0.15, 0.2) is 0 Å². The summed E-state index contributed by atoms with van der Waals surface area (Å²) in [5, 5.41) is 2.78. The maximum Gasteiger partial charge on any atom is 0.345 e. The molecule has 6 nitrogen and oxygen atoms in total. The molecule has 3 N–H and O–H groups in total. The monoisotopic (exact) mass is 240 g/mol. The fraction of sp³-hybridized carbons (Fsp3) is 0.727. The van der Waals surface area contributed by atoms with Crippen molar-refractivity contribution in [3.05, 3.63) is 0 Å². The van der Waals surface area contributed by atoms with Gasteiger partial charge in [0.1, 0.15) is 5.84 Å². The SMILES string of the molecule is CCCN1C(=O)N=C(N)C1CC(=O)NC(C)C. The largest absolute Gasteiger partial charge is 0.385 e. The Morgan fingerprint density at radius 3 is 2.76 bits per heavy atom. The zero-order valence-corrected chi connectivity index (χ0v) is 10.6. The molecule has 1 rings (SSSR count). The number of urea groups is 1. The van der Waals surface area contributed by atoms with Crippen molar-refractivity contribution in [3.8, 4) is 0 Å². The van der Waals surface area contributed by atoms with E-state index in [4.69, 9.17) is 5.73 Å². The lowest BCUT2D eigenvalue weighted by Gasteiger charge is -2.23. The van der Waals surface area contributed by atoms with Crippen LogP contribution in [0, 0.1) is 0 Å². The standard InChI is InChI=1S/C11H20N4O2/c1-4-5-15-8(10(12)14-11(15)17)6-9(16)13-7(2)3/h7-8H,4-6H2,1-3H3,(H,13,16)(H2,12,14,17). The molecule has 0 spiro atoms. The van der Waals surface area contributed by atoms with Crippen LogP contribution in [-0.2, 0) is 4.79 Å². The van der Waals surface area contributed by atoms with Crippen molar-refractivity contribution in [2.45, 2.75) is 45.7 Å². The fourth-order valence-corrected chi connectivity index (χ4v) is 1.81. The second-order valence-corrected chi connectivity index (χ2v) is 4.45. The van der Waals surface area contributed by atoms with Crippen molar-refractivity contribution in [2.24, 2.45) is 10.7 Å². The first-order valence-corrected chi connectivity index (χ1v) is 5.89. The van der Waals surface area contributed by atoms with E-state index in [0.29, 0.717) is 6.54 Å². The minimum atomic E-state index is -0.388. The molecule has 6 heteroatoms. The van der Waals surface area contributed by atoms with Gasteiger partial charge < -0.3 is 16.0 Å². The van der Waals surface area contributed by atoms with Crippen molar-refractivity contribution < 1.29 is 9.59 Å². The maximum atomic E-state index is 11.7. The van der Waals surface area contributed by atoms with E-state index < -0.39 is 0 Å². The average Bonchev–Trinajstić information content (AvgIpc) is 2.44. The lowest BCUT2D eigenvalue weighted by atomic mass is 10.1. The topological polar surface area (TPSA) is 87.8 Å². The van der Waals surface area contributed by atoms with E-state index in [1.54, 1.807) is 4.90 Å². The number of nitrogens with zero attached hydrogens (tertiary/aromatic N) is 2. The molecule has 0 saturated heterocycles. The molecule has 0 aromatic rings.